The molecule has 0 aromatic carbocycles. The maximum absolute atomic E-state index is 11.6. The van der Waals surface area contributed by atoms with Gasteiger partial charge in [0.25, 0.3) is 0 Å². The molecule has 0 saturated heterocycles. The predicted molar refractivity (Wildman–Crippen MR) is 53.1 cm³/mol. The van der Waals surface area contributed by atoms with Crippen LogP contribution in [0.1, 0.15) is 9.67 Å². The van der Waals surface area contributed by atoms with E-state index in [2.05, 4.69) is 5.10 Å². The number of aromatic nitrogens is 2. The van der Waals surface area contributed by atoms with Crippen molar-refractivity contribution in [1.82, 2.24) is 5.10 Å². The minimum Gasteiger partial charge on any atom is -1.00 e. The number of ketones is 1. The normalized spacial score (nSPS) is 9.33. The van der Waals surface area contributed by atoms with E-state index in [1.54, 1.807) is 17.1 Å². The number of thiophene rings is 1. The van der Waals surface area contributed by atoms with E-state index in [0.29, 0.717) is 6.54 Å². The van der Waals surface area contributed by atoms with Gasteiger partial charge in [-0.25, -0.2) is 0 Å². The molecule has 2 heterocycles. The van der Waals surface area contributed by atoms with Crippen LogP contribution in [0.4, 0.5) is 0 Å². The first-order chi connectivity index (χ1) is 6.86. The third-order valence-electron chi connectivity index (χ3n) is 1.77. The molecule has 0 spiro atoms. The summed E-state index contributed by atoms with van der Waals surface area (Å²) in [4.78, 5) is 12.4. The Bertz CT molecular complexity index is 416. The molecule has 78 valence electrons. The highest BCUT2D eigenvalue weighted by Gasteiger charge is 2.13. The van der Waals surface area contributed by atoms with Gasteiger partial charge < -0.3 is 17.0 Å². The van der Waals surface area contributed by atoms with E-state index in [0.717, 1.165) is 4.88 Å². The Balaban J connectivity index is 0.00000112. The maximum Gasteiger partial charge on any atom is 0.239 e. The molecule has 5 heteroatoms. The van der Waals surface area contributed by atoms with Crippen LogP contribution in [0.5, 0.6) is 0 Å². The lowest BCUT2D eigenvalue weighted by molar-refractivity contribution is -0.741. The number of nitrogens with zero attached hydrogens (tertiary/aromatic N) is 2. The molecule has 2 rings (SSSR count). The first-order valence-electron chi connectivity index (χ1n) is 4.24. The van der Waals surface area contributed by atoms with E-state index in [1.807, 2.05) is 29.6 Å². The molecule has 0 radical (unpaired) electrons. The molecule has 2 aromatic rings. The lowest BCUT2D eigenvalue weighted by Crippen LogP contribution is -3.00. The average Bonchev–Trinajstić information content (AvgIpc) is 2.72. The fraction of sp³-hybridized carbons (Fsp3) is 0.100. The van der Waals surface area contributed by atoms with Crippen LogP contribution in [0.3, 0.4) is 0 Å². The van der Waals surface area contributed by atoms with Crippen LogP contribution < -0.4 is 21.7 Å². The first kappa shape index (κ1) is 12.0. The molecule has 0 amide bonds. The van der Waals surface area contributed by atoms with Crippen LogP contribution >= 0.6 is 11.3 Å². The molecule has 0 atom stereocenters. The molecule has 0 aliphatic carbocycles. The van der Waals surface area contributed by atoms with Gasteiger partial charge in [-0.3, -0.25) is 4.79 Å². The van der Waals surface area contributed by atoms with E-state index in [1.165, 1.54) is 11.3 Å². The number of halogens is 1. The zero-order valence-corrected chi connectivity index (χ0v) is 10.2. The summed E-state index contributed by atoms with van der Waals surface area (Å²) in [6.45, 7) is 0.307. The number of carbonyl (C=O) groups is 1. The minimum absolute atomic E-state index is 0. The fourth-order valence-corrected chi connectivity index (χ4v) is 1.77. The number of rotatable bonds is 3. The Morgan fingerprint density at radius 3 is 2.87 bits per heavy atom. The van der Waals surface area contributed by atoms with Crippen molar-refractivity contribution >= 4 is 17.1 Å². The topological polar surface area (TPSA) is 33.8 Å². The van der Waals surface area contributed by atoms with Gasteiger partial charge in [-0.2, -0.15) is 0 Å². The second kappa shape index (κ2) is 5.72. The molecular formula is C10H9BrN2OS. The fourth-order valence-electron chi connectivity index (χ4n) is 1.12. The van der Waals surface area contributed by atoms with E-state index in [-0.39, 0.29) is 22.8 Å². The maximum atomic E-state index is 11.6. The summed E-state index contributed by atoms with van der Waals surface area (Å²) in [6.07, 6.45) is 3.45. The quantitative estimate of drug-likeness (QED) is 0.498. The number of Topliss-reactive ketones (excluding diaryl/α,β-unsaturated/α-hetero) is 1. The molecule has 0 aliphatic rings. The van der Waals surface area contributed by atoms with Crippen molar-refractivity contribution in [2.45, 2.75) is 6.54 Å². The Hall–Kier alpha value is -1.07. The Morgan fingerprint density at radius 2 is 2.27 bits per heavy atom. The lowest BCUT2D eigenvalue weighted by Gasteiger charge is -1.91. The van der Waals surface area contributed by atoms with Gasteiger partial charge in [-0.1, -0.05) is 10.7 Å². The van der Waals surface area contributed by atoms with Gasteiger partial charge in [0.05, 0.1) is 11.1 Å². The highest BCUT2D eigenvalue weighted by molar-refractivity contribution is 7.12. The predicted octanol–water partition coefficient (Wildman–Crippen LogP) is -1.68. The molecule has 3 nitrogen and oxygen atoms in total. The van der Waals surface area contributed by atoms with E-state index < -0.39 is 0 Å². The second-order valence-electron chi connectivity index (χ2n) is 2.80. The van der Waals surface area contributed by atoms with Crippen LogP contribution in [0.15, 0.2) is 42.0 Å². The van der Waals surface area contributed by atoms with Gasteiger partial charge in [0.1, 0.15) is 0 Å². The average molecular weight is 285 g/mol. The van der Waals surface area contributed by atoms with E-state index >= 15 is 0 Å². The SMILES string of the molecule is O=C(C[n+]1ccccn1)c1cccs1.[Br-]. The van der Waals surface area contributed by atoms with Crippen molar-refractivity contribution < 1.29 is 26.5 Å². The molecule has 0 saturated carbocycles. The van der Waals surface area contributed by atoms with Crippen molar-refractivity contribution in [1.29, 1.82) is 0 Å². The molecule has 0 aliphatic heterocycles. The number of hydrogen-bond acceptors (Lipinski definition) is 3. The van der Waals surface area contributed by atoms with Gasteiger partial charge in [-0.05, 0) is 22.6 Å². The Morgan fingerprint density at radius 1 is 1.40 bits per heavy atom. The standard InChI is InChI=1S/C10H9N2OS.BrH/c13-9(10-4-3-7-14-10)8-12-6-2-1-5-11-12;/h1-7H,8H2;1H/q+1;/p-1. The third-order valence-corrected chi connectivity index (χ3v) is 2.68. The molecule has 0 fully saturated rings. The van der Waals surface area contributed by atoms with Crippen molar-refractivity contribution in [2.24, 2.45) is 0 Å². The van der Waals surface area contributed by atoms with Crippen LogP contribution in [0.2, 0.25) is 0 Å². The van der Waals surface area contributed by atoms with Crippen LogP contribution in [-0.4, -0.2) is 10.9 Å². The zero-order chi connectivity index (χ0) is 9.80. The monoisotopic (exact) mass is 284 g/mol. The number of hydrogen-bond donors (Lipinski definition) is 0. The summed E-state index contributed by atoms with van der Waals surface area (Å²) in [5.41, 5.74) is 0. The van der Waals surface area contributed by atoms with Crippen LogP contribution in [-0.2, 0) is 6.54 Å². The minimum atomic E-state index is 0. The molecular weight excluding hydrogens is 276 g/mol. The van der Waals surface area contributed by atoms with Crippen molar-refractivity contribution in [3.63, 3.8) is 0 Å². The van der Waals surface area contributed by atoms with E-state index in [4.69, 9.17) is 0 Å². The summed E-state index contributed by atoms with van der Waals surface area (Å²) < 4.78 is 1.63. The van der Waals surface area contributed by atoms with Gasteiger partial charge >= 0.3 is 0 Å². The van der Waals surface area contributed by atoms with Gasteiger partial charge in [-0.15, -0.1) is 11.3 Å². The summed E-state index contributed by atoms with van der Waals surface area (Å²) in [6, 6.07) is 7.39. The lowest BCUT2D eigenvalue weighted by atomic mass is 10.3. The summed E-state index contributed by atoms with van der Waals surface area (Å²) in [5.74, 6) is 0.101. The van der Waals surface area contributed by atoms with Crippen molar-refractivity contribution in [3.8, 4) is 0 Å². The Kier molecular flexibility index (Phi) is 4.58. The van der Waals surface area contributed by atoms with Crippen molar-refractivity contribution in [2.75, 3.05) is 0 Å². The van der Waals surface area contributed by atoms with E-state index in [9.17, 15) is 4.79 Å². The third kappa shape index (κ3) is 3.21. The molecule has 0 unspecified atom stereocenters. The molecule has 2 aromatic heterocycles. The van der Waals surface area contributed by atoms with Gasteiger partial charge in [0.2, 0.25) is 12.3 Å². The summed E-state index contributed by atoms with van der Waals surface area (Å²) >= 11 is 1.46. The smallest absolute Gasteiger partial charge is 0.239 e. The highest BCUT2D eigenvalue weighted by atomic mass is 79.9. The molecule has 15 heavy (non-hydrogen) atoms. The van der Waals surface area contributed by atoms with Crippen LogP contribution in [0.25, 0.3) is 0 Å². The highest BCUT2D eigenvalue weighted by Crippen LogP contribution is 2.08. The molecule has 0 N–H and O–H groups in total. The van der Waals surface area contributed by atoms with Gasteiger partial charge in [0, 0.05) is 6.07 Å². The molecule has 0 bridgehead atoms. The summed E-state index contributed by atoms with van der Waals surface area (Å²) in [7, 11) is 0. The van der Waals surface area contributed by atoms with Crippen LogP contribution in [0, 0.1) is 0 Å². The first-order valence-corrected chi connectivity index (χ1v) is 5.12. The number of carbonyl (C=O) groups excluding carboxylic acids is 1. The zero-order valence-electron chi connectivity index (χ0n) is 7.84. The van der Waals surface area contributed by atoms with Crippen molar-refractivity contribution in [3.05, 3.63) is 46.9 Å². The summed E-state index contributed by atoms with van der Waals surface area (Å²) in [5, 5.41) is 5.93. The Labute approximate surface area is 102 Å². The van der Waals surface area contributed by atoms with Gasteiger partial charge in [0.15, 0.2) is 6.20 Å². The largest absolute Gasteiger partial charge is 1.00 e. The second-order valence-corrected chi connectivity index (χ2v) is 3.74.